The molecule has 0 amide bonds. The Balaban J connectivity index is 1.63. The number of pyridine rings is 1. The number of aromatic nitrogens is 1. The number of nitrogens with zero attached hydrogens (tertiary/aromatic N) is 2. The maximum Gasteiger partial charge on any atom is 0.0315 e. The Morgan fingerprint density at radius 1 is 1.41 bits per heavy atom. The molecule has 2 aliphatic rings. The molecule has 2 bridgehead atoms. The van der Waals surface area contributed by atoms with E-state index in [-0.39, 0.29) is 0 Å². The van der Waals surface area contributed by atoms with Gasteiger partial charge in [-0.1, -0.05) is 6.07 Å². The average molecular weight is 231 g/mol. The summed E-state index contributed by atoms with van der Waals surface area (Å²) in [6.07, 6.45) is 6.49. The van der Waals surface area contributed by atoms with Gasteiger partial charge in [0.2, 0.25) is 0 Å². The Hall–Kier alpha value is -0.930. The predicted octanol–water partition coefficient (Wildman–Crippen LogP) is 1.83. The van der Waals surface area contributed by atoms with Crippen molar-refractivity contribution in [1.29, 1.82) is 0 Å². The van der Waals surface area contributed by atoms with Gasteiger partial charge in [-0.05, 0) is 50.4 Å². The van der Waals surface area contributed by atoms with E-state index < -0.39 is 0 Å². The Bertz CT molecular complexity index is 365. The van der Waals surface area contributed by atoms with Crippen LogP contribution in [0, 0.1) is 5.92 Å². The van der Waals surface area contributed by atoms with Crippen LogP contribution in [0.25, 0.3) is 0 Å². The minimum absolute atomic E-state index is 0.417. The summed E-state index contributed by atoms with van der Waals surface area (Å²) in [5.74, 6) is 0.864. The summed E-state index contributed by atoms with van der Waals surface area (Å²) in [6.45, 7) is 6.13. The van der Waals surface area contributed by atoms with Crippen LogP contribution in [0.5, 0.6) is 0 Å². The standard InChI is InChI=1S/C14H21N3/c1-11(12-3-2-6-15-9-12)16-14-5-8-17-7-4-13(14)10-17/h2-3,6,9,11,13-14,16H,4-5,7-8,10H2,1H3/t11-,13?,14?/m0/s1. The van der Waals surface area contributed by atoms with E-state index in [2.05, 4.69) is 28.2 Å². The van der Waals surface area contributed by atoms with Crippen LogP contribution >= 0.6 is 0 Å². The lowest BCUT2D eigenvalue weighted by Crippen LogP contribution is -2.44. The second-order valence-corrected chi connectivity index (χ2v) is 5.42. The first kappa shape index (κ1) is 11.2. The van der Waals surface area contributed by atoms with Crippen molar-refractivity contribution in [2.45, 2.75) is 31.8 Å². The Morgan fingerprint density at radius 2 is 2.29 bits per heavy atom. The van der Waals surface area contributed by atoms with Crippen LogP contribution in [0.3, 0.4) is 0 Å². The fourth-order valence-electron chi connectivity index (χ4n) is 3.22. The van der Waals surface area contributed by atoms with Crippen LogP contribution in [0.1, 0.15) is 31.4 Å². The van der Waals surface area contributed by atoms with Crippen LogP contribution in [0.4, 0.5) is 0 Å². The highest BCUT2D eigenvalue weighted by molar-refractivity contribution is 5.13. The molecule has 1 N–H and O–H groups in total. The summed E-state index contributed by atoms with van der Waals surface area (Å²) in [5.41, 5.74) is 1.30. The second kappa shape index (κ2) is 4.75. The maximum atomic E-state index is 4.20. The molecule has 0 saturated carbocycles. The molecule has 17 heavy (non-hydrogen) atoms. The molecular formula is C14H21N3. The Labute approximate surface area is 103 Å². The smallest absolute Gasteiger partial charge is 0.0315 e. The molecule has 3 rings (SSSR count). The minimum atomic E-state index is 0.417. The maximum absolute atomic E-state index is 4.20. The molecule has 1 aromatic heterocycles. The van der Waals surface area contributed by atoms with Crippen molar-refractivity contribution in [2.75, 3.05) is 19.6 Å². The number of hydrogen-bond acceptors (Lipinski definition) is 3. The van der Waals surface area contributed by atoms with Crippen LogP contribution in [-0.4, -0.2) is 35.6 Å². The van der Waals surface area contributed by atoms with Gasteiger partial charge >= 0.3 is 0 Å². The van der Waals surface area contributed by atoms with Gasteiger partial charge in [0.1, 0.15) is 0 Å². The number of piperidine rings is 1. The first-order valence-electron chi connectivity index (χ1n) is 6.71. The Kier molecular flexibility index (Phi) is 3.12. The van der Waals surface area contributed by atoms with Gasteiger partial charge in [-0.15, -0.1) is 0 Å². The van der Waals surface area contributed by atoms with E-state index in [4.69, 9.17) is 0 Å². The van der Waals surface area contributed by atoms with Gasteiger partial charge in [0.15, 0.2) is 0 Å². The van der Waals surface area contributed by atoms with Crippen molar-refractivity contribution in [3.05, 3.63) is 30.1 Å². The second-order valence-electron chi connectivity index (χ2n) is 5.42. The van der Waals surface area contributed by atoms with Crippen molar-refractivity contribution < 1.29 is 0 Å². The molecule has 0 aliphatic carbocycles. The minimum Gasteiger partial charge on any atom is -0.307 e. The number of rotatable bonds is 3. The molecule has 92 valence electrons. The molecule has 1 aromatic rings. The first-order chi connectivity index (χ1) is 8.33. The third-order valence-electron chi connectivity index (χ3n) is 4.28. The van der Waals surface area contributed by atoms with E-state index in [9.17, 15) is 0 Å². The lowest BCUT2D eigenvalue weighted by Gasteiger charge is -2.33. The molecule has 0 radical (unpaired) electrons. The zero-order chi connectivity index (χ0) is 11.7. The number of hydrogen-bond donors (Lipinski definition) is 1. The molecule has 3 heterocycles. The van der Waals surface area contributed by atoms with Crippen molar-refractivity contribution in [1.82, 2.24) is 15.2 Å². The third-order valence-corrected chi connectivity index (χ3v) is 4.28. The van der Waals surface area contributed by atoms with Gasteiger partial charge in [0.05, 0.1) is 0 Å². The topological polar surface area (TPSA) is 28.2 Å². The molecule has 2 aliphatic heterocycles. The van der Waals surface area contributed by atoms with Gasteiger partial charge in [0, 0.05) is 31.0 Å². The van der Waals surface area contributed by atoms with Crippen molar-refractivity contribution in [3.8, 4) is 0 Å². The molecule has 3 nitrogen and oxygen atoms in total. The molecule has 2 saturated heterocycles. The van der Waals surface area contributed by atoms with E-state index >= 15 is 0 Å². The highest BCUT2D eigenvalue weighted by atomic mass is 15.2. The van der Waals surface area contributed by atoms with Crippen LogP contribution in [0.2, 0.25) is 0 Å². The van der Waals surface area contributed by atoms with E-state index in [0.29, 0.717) is 12.1 Å². The fraction of sp³-hybridized carbons (Fsp3) is 0.643. The predicted molar refractivity (Wildman–Crippen MR) is 68.7 cm³/mol. The lowest BCUT2D eigenvalue weighted by molar-refractivity contribution is 0.212. The lowest BCUT2D eigenvalue weighted by atomic mass is 9.93. The highest BCUT2D eigenvalue weighted by Gasteiger charge is 2.34. The molecular weight excluding hydrogens is 210 g/mol. The van der Waals surface area contributed by atoms with Crippen molar-refractivity contribution in [2.24, 2.45) is 5.92 Å². The van der Waals surface area contributed by atoms with Gasteiger partial charge in [-0.2, -0.15) is 0 Å². The quantitative estimate of drug-likeness (QED) is 0.860. The zero-order valence-electron chi connectivity index (χ0n) is 10.5. The van der Waals surface area contributed by atoms with Crippen molar-refractivity contribution in [3.63, 3.8) is 0 Å². The van der Waals surface area contributed by atoms with Gasteiger partial charge in [0.25, 0.3) is 0 Å². The van der Waals surface area contributed by atoms with Crippen molar-refractivity contribution >= 4 is 0 Å². The summed E-state index contributed by atoms with van der Waals surface area (Å²) in [4.78, 5) is 6.79. The molecule has 0 spiro atoms. The largest absolute Gasteiger partial charge is 0.307 e. The van der Waals surface area contributed by atoms with E-state index in [1.807, 2.05) is 18.5 Å². The SMILES string of the molecule is C[C@H](NC1CCN2CCC1C2)c1cccnc1. The Morgan fingerprint density at radius 3 is 3.12 bits per heavy atom. The van der Waals surface area contributed by atoms with Gasteiger partial charge < -0.3 is 10.2 Å². The zero-order valence-corrected chi connectivity index (χ0v) is 10.5. The van der Waals surface area contributed by atoms with Gasteiger partial charge in [-0.25, -0.2) is 0 Å². The van der Waals surface area contributed by atoms with E-state index in [0.717, 1.165) is 5.92 Å². The molecule has 3 unspecified atom stereocenters. The molecule has 0 aromatic carbocycles. The van der Waals surface area contributed by atoms with Crippen LogP contribution in [0.15, 0.2) is 24.5 Å². The number of nitrogens with one attached hydrogen (secondary N) is 1. The monoisotopic (exact) mass is 231 g/mol. The molecule has 3 heteroatoms. The normalized spacial score (nSPS) is 33.6. The van der Waals surface area contributed by atoms with Gasteiger partial charge in [-0.3, -0.25) is 4.98 Å². The fourth-order valence-corrected chi connectivity index (χ4v) is 3.22. The molecule has 4 atom stereocenters. The summed E-state index contributed by atoms with van der Waals surface area (Å²) in [6, 6.07) is 5.30. The average Bonchev–Trinajstić information content (AvgIpc) is 2.77. The third kappa shape index (κ3) is 2.35. The van der Waals surface area contributed by atoms with Crippen LogP contribution < -0.4 is 5.32 Å². The summed E-state index contributed by atoms with van der Waals surface area (Å²) in [7, 11) is 0. The highest BCUT2D eigenvalue weighted by Crippen LogP contribution is 2.28. The summed E-state index contributed by atoms with van der Waals surface area (Å²) < 4.78 is 0. The van der Waals surface area contributed by atoms with Crippen LogP contribution in [-0.2, 0) is 0 Å². The van der Waals surface area contributed by atoms with E-state index in [1.165, 1.54) is 38.0 Å². The summed E-state index contributed by atoms with van der Waals surface area (Å²) >= 11 is 0. The molecule has 2 fully saturated rings. The van der Waals surface area contributed by atoms with E-state index in [1.54, 1.807) is 0 Å². The first-order valence-corrected chi connectivity index (χ1v) is 6.71. The summed E-state index contributed by atoms with van der Waals surface area (Å²) in [5, 5.41) is 3.80. The number of fused-ring (bicyclic) bond motifs is 2.